The zero-order valence-corrected chi connectivity index (χ0v) is 6.70. The number of hydrogen-bond acceptors (Lipinski definition) is 3. The summed E-state index contributed by atoms with van der Waals surface area (Å²) in [4.78, 5) is 7.63. The van der Waals surface area contributed by atoms with Crippen molar-refractivity contribution in [1.29, 1.82) is 0 Å². The molecular formula is C8H14N2O. The van der Waals surface area contributed by atoms with Gasteiger partial charge in [-0.3, -0.25) is 4.90 Å². The van der Waals surface area contributed by atoms with E-state index in [0.717, 1.165) is 12.5 Å². The quantitative estimate of drug-likeness (QED) is 0.432. The second-order valence-electron chi connectivity index (χ2n) is 3.41. The zero-order valence-electron chi connectivity index (χ0n) is 6.70. The summed E-state index contributed by atoms with van der Waals surface area (Å²) in [7, 11) is 0. The average molecular weight is 154 g/mol. The number of piperidine rings is 3. The monoisotopic (exact) mass is 154 g/mol. The largest absolute Gasteiger partial charge is 0.391 e. The molecule has 0 aromatic rings. The van der Waals surface area contributed by atoms with Crippen molar-refractivity contribution < 1.29 is 4.84 Å². The molecule has 0 aromatic heterocycles. The van der Waals surface area contributed by atoms with Crippen LogP contribution in [0.25, 0.3) is 0 Å². The van der Waals surface area contributed by atoms with Gasteiger partial charge in [-0.2, -0.15) is 0 Å². The summed E-state index contributed by atoms with van der Waals surface area (Å²) in [5.41, 5.74) is 0. The molecule has 3 aliphatic heterocycles. The maximum atomic E-state index is 5.19. The van der Waals surface area contributed by atoms with Crippen LogP contribution in [0.4, 0.5) is 0 Å². The van der Waals surface area contributed by atoms with E-state index in [0.29, 0.717) is 6.10 Å². The van der Waals surface area contributed by atoms with Crippen LogP contribution in [0.2, 0.25) is 0 Å². The normalized spacial score (nSPS) is 42.0. The van der Waals surface area contributed by atoms with Crippen molar-refractivity contribution in [3.05, 3.63) is 0 Å². The Bertz CT molecular complexity index is 152. The Balaban J connectivity index is 1.97. The molecule has 0 aromatic carbocycles. The van der Waals surface area contributed by atoms with Crippen LogP contribution in [0.1, 0.15) is 12.8 Å². The van der Waals surface area contributed by atoms with Crippen molar-refractivity contribution in [2.45, 2.75) is 18.9 Å². The number of oxime groups is 1. The molecule has 3 heteroatoms. The smallest absolute Gasteiger partial charge is 0.143 e. The fourth-order valence-corrected chi connectivity index (χ4v) is 2.13. The van der Waals surface area contributed by atoms with Crippen molar-refractivity contribution >= 4 is 6.72 Å². The molecule has 3 fully saturated rings. The second-order valence-corrected chi connectivity index (χ2v) is 3.41. The first-order valence-electron chi connectivity index (χ1n) is 4.24. The van der Waals surface area contributed by atoms with E-state index in [-0.39, 0.29) is 0 Å². The third-order valence-electron chi connectivity index (χ3n) is 2.81. The van der Waals surface area contributed by atoms with E-state index in [2.05, 4.69) is 16.8 Å². The minimum atomic E-state index is 0.329. The van der Waals surface area contributed by atoms with Gasteiger partial charge in [-0.1, -0.05) is 0 Å². The molecule has 3 rings (SSSR count). The standard InChI is InChI=1S/C8H14N2O/c1-9-11-8-6-10-4-2-7(8)3-5-10/h7-8H,1-6H2/t8-/m1/s1. The number of fused-ring (bicyclic) bond motifs is 3. The molecule has 3 nitrogen and oxygen atoms in total. The predicted molar refractivity (Wildman–Crippen MR) is 43.6 cm³/mol. The molecule has 3 saturated heterocycles. The maximum Gasteiger partial charge on any atom is 0.143 e. The lowest BCUT2D eigenvalue weighted by Gasteiger charge is -2.42. The summed E-state index contributed by atoms with van der Waals surface area (Å²) in [5.74, 6) is 0.741. The lowest BCUT2D eigenvalue weighted by atomic mass is 9.86. The third kappa shape index (κ3) is 1.25. The highest BCUT2D eigenvalue weighted by atomic mass is 16.6. The van der Waals surface area contributed by atoms with Gasteiger partial charge >= 0.3 is 0 Å². The molecule has 11 heavy (non-hydrogen) atoms. The molecule has 0 unspecified atom stereocenters. The summed E-state index contributed by atoms with van der Waals surface area (Å²) >= 11 is 0. The van der Waals surface area contributed by atoms with Gasteiger partial charge in [0, 0.05) is 19.2 Å². The van der Waals surface area contributed by atoms with Gasteiger partial charge < -0.3 is 4.84 Å². The highest BCUT2D eigenvalue weighted by Crippen LogP contribution is 2.29. The van der Waals surface area contributed by atoms with E-state index in [1.807, 2.05) is 0 Å². The summed E-state index contributed by atoms with van der Waals surface area (Å²) in [6, 6.07) is 0. The van der Waals surface area contributed by atoms with Crippen LogP contribution < -0.4 is 0 Å². The predicted octanol–water partition coefficient (Wildman–Crippen LogP) is 0.713. The van der Waals surface area contributed by atoms with E-state index in [1.54, 1.807) is 0 Å². The van der Waals surface area contributed by atoms with Crippen LogP contribution in [0.5, 0.6) is 0 Å². The molecule has 0 spiro atoms. The van der Waals surface area contributed by atoms with Crippen LogP contribution in [0.15, 0.2) is 5.16 Å². The molecule has 0 amide bonds. The fraction of sp³-hybridized carbons (Fsp3) is 0.875. The Morgan fingerprint density at radius 2 is 2.09 bits per heavy atom. The summed E-state index contributed by atoms with van der Waals surface area (Å²) < 4.78 is 0. The Morgan fingerprint density at radius 1 is 1.36 bits per heavy atom. The fourth-order valence-electron chi connectivity index (χ4n) is 2.13. The third-order valence-corrected chi connectivity index (χ3v) is 2.81. The molecule has 1 atom stereocenters. The summed E-state index contributed by atoms with van der Waals surface area (Å²) in [6.07, 6.45) is 2.88. The Morgan fingerprint density at radius 3 is 2.55 bits per heavy atom. The summed E-state index contributed by atoms with van der Waals surface area (Å²) in [6.45, 7) is 6.91. The maximum absolute atomic E-state index is 5.19. The van der Waals surface area contributed by atoms with Gasteiger partial charge in [0.15, 0.2) is 0 Å². The lowest BCUT2D eigenvalue weighted by Crippen LogP contribution is -2.50. The lowest BCUT2D eigenvalue weighted by molar-refractivity contribution is -0.0671. The molecule has 62 valence electrons. The Labute approximate surface area is 67.0 Å². The van der Waals surface area contributed by atoms with Gasteiger partial charge in [0.1, 0.15) is 6.10 Å². The highest BCUT2D eigenvalue weighted by molar-refractivity contribution is 5.21. The molecule has 0 N–H and O–H groups in total. The molecule has 3 aliphatic rings. The van der Waals surface area contributed by atoms with E-state index < -0.39 is 0 Å². The first-order chi connectivity index (χ1) is 5.40. The molecule has 2 bridgehead atoms. The first-order valence-corrected chi connectivity index (χ1v) is 4.24. The van der Waals surface area contributed by atoms with Crippen molar-refractivity contribution in [2.24, 2.45) is 11.1 Å². The molecule has 3 heterocycles. The van der Waals surface area contributed by atoms with Gasteiger partial charge in [0.2, 0.25) is 0 Å². The van der Waals surface area contributed by atoms with Gasteiger partial charge in [0.25, 0.3) is 0 Å². The van der Waals surface area contributed by atoms with Crippen LogP contribution in [0, 0.1) is 5.92 Å². The van der Waals surface area contributed by atoms with Crippen molar-refractivity contribution in [3.8, 4) is 0 Å². The highest BCUT2D eigenvalue weighted by Gasteiger charge is 2.35. The van der Waals surface area contributed by atoms with Crippen molar-refractivity contribution in [2.75, 3.05) is 19.6 Å². The minimum absolute atomic E-state index is 0.329. The van der Waals surface area contributed by atoms with E-state index >= 15 is 0 Å². The van der Waals surface area contributed by atoms with E-state index in [9.17, 15) is 0 Å². The second kappa shape index (κ2) is 2.81. The van der Waals surface area contributed by atoms with Crippen LogP contribution in [-0.4, -0.2) is 37.4 Å². The average Bonchev–Trinajstić information content (AvgIpc) is 2.07. The van der Waals surface area contributed by atoms with E-state index in [1.165, 1.54) is 25.9 Å². The minimum Gasteiger partial charge on any atom is -0.391 e. The van der Waals surface area contributed by atoms with Crippen LogP contribution in [-0.2, 0) is 4.84 Å². The van der Waals surface area contributed by atoms with E-state index in [4.69, 9.17) is 4.84 Å². The van der Waals surface area contributed by atoms with Crippen molar-refractivity contribution in [1.82, 2.24) is 4.90 Å². The van der Waals surface area contributed by atoms with Crippen LogP contribution in [0.3, 0.4) is 0 Å². The molecule has 0 saturated carbocycles. The van der Waals surface area contributed by atoms with Gasteiger partial charge in [-0.05, 0) is 25.9 Å². The van der Waals surface area contributed by atoms with Gasteiger partial charge in [-0.25, -0.2) is 0 Å². The van der Waals surface area contributed by atoms with Gasteiger partial charge in [0.05, 0.1) is 0 Å². The van der Waals surface area contributed by atoms with Crippen LogP contribution >= 0.6 is 0 Å². The Kier molecular flexibility index (Phi) is 1.82. The number of hydrogen-bond donors (Lipinski definition) is 0. The SMILES string of the molecule is C=NO[C@@H]1CN2CCC1CC2. The molecular weight excluding hydrogens is 140 g/mol. The first kappa shape index (κ1) is 7.10. The van der Waals surface area contributed by atoms with Crippen molar-refractivity contribution in [3.63, 3.8) is 0 Å². The number of rotatable bonds is 2. The van der Waals surface area contributed by atoms with Gasteiger partial charge in [-0.15, -0.1) is 5.16 Å². The Hall–Kier alpha value is -0.570. The molecule has 0 aliphatic carbocycles. The summed E-state index contributed by atoms with van der Waals surface area (Å²) in [5, 5.41) is 3.50. The number of nitrogens with zero attached hydrogens (tertiary/aromatic N) is 2. The zero-order chi connectivity index (χ0) is 7.68. The molecule has 0 radical (unpaired) electrons. The topological polar surface area (TPSA) is 24.8 Å².